The average molecular weight is 274 g/mol. The maximum Gasteiger partial charge on any atom is 0.152 e. The third kappa shape index (κ3) is 3.26. The molecule has 2 heterocycles. The second-order valence-corrected chi connectivity index (χ2v) is 7.97. The van der Waals surface area contributed by atoms with Gasteiger partial charge in [0.15, 0.2) is 9.84 Å². The van der Waals surface area contributed by atoms with Gasteiger partial charge in [0, 0.05) is 17.5 Å². The minimum absolute atomic E-state index is 0.241. The van der Waals surface area contributed by atoms with Crippen LogP contribution in [0, 0.1) is 0 Å². The Labute approximate surface area is 106 Å². The monoisotopic (exact) mass is 274 g/mol. The molecule has 1 atom stereocenters. The lowest BCUT2D eigenvalue weighted by atomic mass is 10.0. The third-order valence-electron chi connectivity index (χ3n) is 3.10. The van der Waals surface area contributed by atoms with Crippen molar-refractivity contribution in [2.75, 3.05) is 11.5 Å². The van der Waals surface area contributed by atoms with E-state index in [0.717, 1.165) is 17.1 Å². The predicted octanol–water partition coefficient (Wildman–Crippen LogP) is 1.37. The summed E-state index contributed by atoms with van der Waals surface area (Å²) in [6, 6.07) is 0. The van der Waals surface area contributed by atoms with Gasteiger partial charge in [0.2, 0.25) is 0 Å². The van der Waals surface area contributed by atoms with Gasteiger partial charge in [-0.05, 0) is 19.8 Å². The fraction of sp³-hybridized carbons (Fsp3) is 0.727. The number of nitrogens with one attached hydrogen (secondary N) is 1. The largest absolute Gasteiger partial charge is 0.305 e. The highest BCUT2D eigenvalue weighted by atomic mass is 32.2. The summed E-state index contributed by atoms with van der Waals surface area (Å²) in [5, 5.41) is 6.50. The number of aryl methyl sites for hydroxylation is 1. The van der Waals surface area contributed by atoms with Crippen LogP contribution in [-0.4, -0.2) is 30.4 Å². The fourth-order valence-electron chi connectivity index (χ4n) is 2.05. The molecule has 1 fully saturated rings. The molecule has 2 rings (SSSR count). The summed E-state index contributed by atoms with van der Waals surface area (Å²) in [5.74, 6) is 0.540. The van der Waals surface area contributed by atoms with Gasteiger partial charge in [-0.3, -0.25) is 0 Å². The van der Waals surface area contributed by atoms with Crippen molar-refractivity contribution < 1.29 is 8.42 Å². The Morgan fingerprint density at radius 1 is 1.59 bits per heavy atom. The lowest BCUT2D eigenvalue weighted by Gasteiger charge is -2.23. The Morgan fingerprint density at radius 3 is 2.88 bits per heavy atom. The molecule has 1 aliphatic heterocycles. The molecule has 1 aromatic heterocycles. The summed E-state index contributed by atoms with van der Waals surface area (Å²) < 4.78 is 22.9. The summed E-state index contributed by atoms with van der Waals surface area (Å²) in [5.41, 5.74) is 0.729. The zero-order valence-electron chi connectivity index (χ0n) is 10.2. The summed E-state index contributed by atoms with van der Waals surface area (Å²) in [6.07, 6.45) is 1.65. The molecule has 0 saturated carbocycles. The van der Waals surface area contributed by atoms with Crippen LogP contribution in [0.3, 0.4) is 0 Å². The highest BCUT2D eigenvalue weighted by Crippen LogP contribution is 2.23. The van der Waals surface area contributed by atoms with Crippen molar-refractivity contribution in [3.05, 3.63) is 16.1 Å². The molecule has 0 amide bonds. The molecular weight excluding hydrogens is 256 g/mol. The van der Waals surface area contributed by atoms with Gasteiger partial charge in [0.25, 0.3) is 0 Å². The van der Waals surface area contributed by atoms with Crippen LogP contribution in [0.2, 0.25) is 0 Å². The predicted molar refractivity (Wildman–Crippen MR) is 70.0 cm³/mol. The van der Waals surface area contributed by atoms with Crippen molar-refractivity contribution in [2.24, 2.45) is 0 Å². The topological polar surface area (TPSA) is 59.1 Å². The number of sulfone groups is 1. The van der Waals surface area contributed by atoms with Crippen LogP contribution in [0.5, 0.6) is 0 Å². The van der Waals surface area contributed by atoms with E-state index in [1.807, 2.05) is 12.3 Å². The van der Waals surface area contributed by atoms with Crippen molar-refractivity contribution >= 4 is 21.2 Å². The Hall–Kier alpha value is -0.460. The number of hydrogen-bond donors (Lipinski definition) is 1. The molecule has 4 nitrogen and oxygen atoms in total. The number of rotatable bonds is 4. The van der Waals surface area contributed by atoms with E-state index in [4.69, 9.17) is 0 Å². The lowest BCUT2D eigenvalue weighted by molar-refractivity contribution is 0.393. The minimum atomic E-state index is -2.84. The normalized spacial score (nSPS) is 27.4. The third-order valence-corrected chi connectivity index (χ3v) is 6.05. The number of nitrogens with zero attached hydrogens (tertiary/aromatic N) is 1. The molecule has 1 unspecified atom stereocenters. The molecule has 1 aromatic rings. The molecular formula is C11H18N2O2S2. The van der Waals surface area contributed by atoms with Crippen LogP contribution in [0.1, 0.15) is 31.0 Å². The van der Waals surface area contributed by atoms with E-state index in [0.29, 0.717) is 18.7 Å². The first-order valence-electron chi connectivity index (χ1n) is 5.81. The number of aromatic nitrogens is 1. The summed E-state index contributed by atoms with van der Waals surface area (Å²) in [7, 11) is -2.84. The lowest BCUT2D eigenvalue weighted by Crippen LogP contribution is -2.42. The molecule has 6 heteroatoms. The summed E-state index contributed by atoms with van der Waals surface area (Å²) in [4.78, 5) is 4.46. The standard InChI is InChI=1S/C11H18N2O2S2/c1-3-10-13-9(7-16-10)6-12-11(2)4-5-17(14,15)8-11/h7,12H,3-6,8H2,1-2H3. The van der Waals surface area contributed by atoms with Gasteiger partial charge in [0.05, 0.1) is 22.2 Å². The molecule has 1 N–H and O–H groups in total. The van der Waals surface area contributed by atoms with Crippen molar-refractivity contribution in [1.82, 2.24) is 10.3 Å². The quantitative estimate of drug-likeness (QED) is 0.901. The fourth-order valence-corrected chi connectivity index (χ4v) is 4.91. The Morgan fingerprint density at radius 2 is 2.35 bits per heavy atom. The van der Waals surface area contributed by atoms with Crippen LogP contribution < -0.4 is 5.32 Å². The van der Waals surface area contributed by atoms with E-state index in [2.05, 4.69) is 17.2 Å². The molecule has 0 spiro atoms. The van der Waals surface area contributed by atoms with E-state index < -0.39 is 9.84 Å². The van der Waals surface area contributed by atoms with Gasteiger partial charge < -0.3 is 5.32 Å². The Kier molecular flexibility index (Phi) is 3.56. The molecule has 0 bridgehead atoms. The van der Waals surface area contributed by atoms with Gasteiger partial charge in [0.1, 0.15) is 0 Å². The van der Waals surface area contributed by atoms with E-state index in [-0.39, 0.29) is 11.3 Å². The smallest absolute Gasteiger partial charge is 0.152 e. The second kappa shape index (κ2) is 4.66. The average Bonchev–Trinajstić information content (AvgIpc) is 2.81. The zero-order chi connectivity index (χ0) is 12.5. The van der Waals surface area contributed by atoms with Crippen molar-refractivity contribution in [1.29, 1.82) is 0 Å². The van der Waals surface area contributed by atoms with Crippen molar-refractivity contribution in [2.45, 2.75) is 38.8 Å². The summed E-state index contributed by atoms with van der Waals surface area (Å²) in [6.45, 7) is 4.72. The molecule has 0 aromatic carbocycles. The second-order valence-electron chi connectivity index (χ2n) is 4.84. The number of thiazole rings is 1. The molecule has 0 radical (unpaired) electrons. The van der Waals surface area contributed by atoms with Crippen molar-refractivity contribution in [3.63, 3.8) is 0 Å². The van der Waals surface area contributed by atoms with E-state index in [1.54, 1.807) is 11.3 Å². The van der Waals surface area contributed by atoms with E-state index in [9.17, 15) is 8.42 Å². The highest BCUT2D eigenvalue weighted by Gasteiger charge is 2.37. The van der Waals surface area contributed by atoms with Gasteiger partial charge >= 0.3 is 0 Å². The van der Waals surface area contributed by atoms with Crippen LogP contribution in [0.4, 0.5) is 0 Å². The van der Waals surface area contributed by atoms with Crippen molar-refractivity contribution in [3.8, 4) is 0 Å². The van der Waals surface area contributed by atoms with Crippen LogP contribution in [0.15, 0.2) is 5.38 Å². The van der Waals surface area contributed by atoms with E-state index in [1.165, 1.54) is 0 Å². The highest BCUT2D eigenvalue weighted by molar-refractivity contribution is 7.91. The SMILES string of the molecule is CCc1nc(CNC2(C)CCS(=O)(=O)C2)cs1. The minimum Gasteiger partial charge on any atom is -0.305 e. The Balaban J connectivity index is 1.94. The van der Waals surface area contributed by atoms with E-state index >= 15 is 0 Å². The van der Waals surface area contributed by atoms with Gasteiger partial charge in [-0.1, -0.05) is 6.92 Å². The van der Waals surface area contributed by atoms with Gasteiger partial charge in [-0.25, -0.2) is 13.4 Å². The first-order valence-corrected chi connectivity index (χ1v) is 8.51. The van der Waals surface area contributed by atoms with Gasteiger partial charge in [-0.2, -0.15) is 0 Å². The Bertz CT molecular complexity index is 495. The molecule has 17 heavy (non-hydrogen) atoms. The first kappa shape index (κ1) is 13.0. The molecule has 0 aliphatic carbocycles. The van der Waals surface area contributed by atoms with Crippen LogP contribution in [0.25, 0.3) is 0 Å². The first-order chi connectivity index (χ1) is 7.92. The number of hydrogen-bond acceptors (Lipinski definition) is 5. The van der Waals surface area contributed by atoms with Crippen LogP contribution >= 0.6 is 11.3 Å². The molecule has 1 saturated heterocycles. The molecule has 96 valence electrons. The maximum atomic E-state index is 11.5. The van der Waals surface area contributed by atoms with Crippen LogP contribution in [-0.2, 0) is 22.8 Å². The maximum absolute atomic E-state index is 11.5. The molecule has 1 aliphatic rings. The van der Waals surface area contributed by atoms with Gasteiger partial charge in [-0.15, -0.1) is 11.3 Å². The summed E-state index contributed by atoms with van der Waals surface area (Å²) >= 11 is 1.66. The zero-order valence-corrected chi connectivity index (χ0v) is 11.8.